The molecule has 0 N–H and O–H groups in total. The van der Waals surface area contributed by atoms with Crippen LogP contribution in [0.2, 0.25) is 0 Å². The molecule has 0 unspecified atom stereocenters. The van der Waals surface area contributed by atoms with Crippen LogP contribution in [0.15, 0.2) is 170 Å². The summed E-state index contributed by atoms with van der Waals surface area (Å²) in [7, 11) is -3.04. The second-order valence-corrected chi connectivity index (χ2v) is 16.0. The molecule has 5 heteroatoms. The summed E-state index contributed by atoms with van der Waals surface area (Å²) in [6.45, 7) is 7.65. The Morgan fingerprint density at radius 2 is 1.12 bits per heavy atom. The van der Waals surface area contributed by atoms with Crippen LogP contribution < -0.4 is 20.7 Å². The van der Waals surface area contributed by atoms with Crippen molar-refractivity contribution in [2.45, 2.75) is 0 Å². The van der Waals surface area contributed by atoms with Crippen LogP contribution in [0.4, 0.5) is 5.69 Å². The molecular weight excluding hydrogens is 625 g/mol. The van der Waals surface area contributed by atoms with Crippen molar-refractivity contribution in [3.05, 3.63) is 192 Å². The highest BCUT2D eigenvalue weighted by Crippen LogP contribution is 2.38. The van der Waals surface area contributed by atoms with Crippen molar-refractivity contribution in [1.82, 2.24) is 4.57 Å². The topological polar surface area (TPSA) is 56.9 Å². The van der Waals surface area contributed by atoms with Gasteiger partial charge >= 0.3 is 0 Å². The van der Waals surface area contributed by atoms with E-state index in [1.165, 1.54) is 15.6 Å². The zero-order chi connectivity index (χ0) is 34.1. The summed E-state index contributed by atoms with van der Waals surface area (Å²) in [6.07, 6.45) is 0. The first-order valence-corrected chi connectivity index (χ1v) is 18.3. The zero-order valence-corrected chi connectivity index (χ0v) is 28.0. The molecule has 1 heterocycles. The minimum Gasteiger partial charge on any atom is -0.309 e. The molecule has 0 aliphatic heterocycles. The second kappa shape index (κ2) is 12.6. The van der Waals surface area contributed by atoms with Crippen LogP contribution in [-0.4, -0.2) is 12.6 Å². The highest BCUT2D eigenvalue weighted by Gasteiger charge is 2.43. The molecule has 0 spiro atoms. The Hall–Kier alpha value is -6.97. The summed E-state index contributed by atoms with van der Waals surface area (Å²) < 4.78 is 2.17. The van der Waals surface area contributed by atoms with Gasteiger partial charge in [-0.2, -0.15) is 10.5 Å². The second-order valence-electron chi connectivity index (χ2n) is 12.2. The molecule has 8 rings (SSSR count). The third-order valence-corrected chi connectivity index (χ3v) is 14.5. The van der Waals surface area contributed by atoms with Crippen molar-refractivity contribution in [2.75, 3.05) is 0 Å². The Kier molecular flexibility index (Phi) is 7.63. The fourth-order valence-electron chi connectivity index (χ4n) is 7.54. The van der Waals surface area contributed by atoms with Crippen LogP contribution in [-0.2, 0) is 0 Å². The Morgan fingerprint density at radius 3 is 1.72 bits per heavy atom. The first kappa shape index (κ1) is 30.4. The average molecular weight is 653 g/mol. The van der Waals surface area contributed by atoms with Gasteiger partial charge in [0.15, 0.2) is 13.8 Å². The number of aromatic nitrogens is 1. The Bertz CT molecular complexity index is 2580. The Morgan fingerprint density at radius 1 is 0.520 bits per heavy atom. The van der Waals surface area contributed by atoms with E-state index < -0.39 is 8.07 Å². The molecule has 0 aliphatic carbocycles. The zero-order valence-electron chi connectivity index (χ0n) is 27.0. The largest absolute Gasteiger partial charge is 0.309 e. The number of para-hydroxylation sites is 1. The number of nitrogens with zero attached hydrogens (tertiary/aromatic N) is 4. The maximum Gasteiger partial charge on any atom is 0.188 e. The van der Waals surface area contributed by atoms with Gasteiger partial charge in [0.1, 0.15) is 0 Å². The summed E-state index contributed by atoms with van der Waals surface area (Å²) in [4.78, 5) is 3.70. The molecule has 50 heavy (non-hydrogen) atoms. The van der Waals surface area contributed by atoms with Gasteiger partial charge in [0.25, 0.3) is 0 Å². The third-order valence-electron chi connectivity index (χ3n) is 9.64. The van der Waals surface area contributed by atoms with E-state index in [-0.39, 0.29) is 0 Å². The summed E-state index contributed by atoms with van der Waals surface area (Å²) in [6, 6.07) is 62.6. The smallest absolute Gasteiger partial charge is 0.188 e. The molecule has 0 saturated carbocycles. The van der Waals surface area contributed by atoms with Crippen molar-refractivity contribution in [3.63, 3.8) is 0 Å². The molecule has 232 valence electrons. The van der Waals surface area contributed by atoms with Crippen molar-refractivity contribution in [3.8, 4) is 29.0 Å². The van der Waals surface area contributed by atoms with E-state index in [1.54, 1.807) is 0 Å². The highest BCUT2D eigenvalue weighted by atomic mass is 28.3. The van der Waals surface area contributed by atoms with E-state index in [0.29, 0.717) is 16.8 Å². The molecule has 1 aromatic heterocycles. The van der Waals surface area contributed by atoms with Gasteiger partial charge in [-0.25, -0.2) is 4.85 Å². The standard InChI is InChI=1S/C45H28N4Si/c1-48-33-25-27-43-40(29-33)38-20-11-12-22-42(38)49(43)44-28-32(30-46)24-26-39(44)37-21-13-23-45(41(37)31-47)50(34-14-5-2-6-15-34,35-16-7-3-8-17-35)36-18-9-4-10-19-36/h2-29H. The van der Waals surface area contributed by atoms with Gasteiger partial charge in [-0.05, 0) is 56.5 Å². The number of rotatable bonds is 6. The quantitative estimate of drug-likeness (QED) is 0.104. The van der Waals surface area contributed by atoms with Crippen molar-refractivity contribution in [1.29, 1.82) is 10.5 Å². The molecule has 0 aliphatic rings. The Balaban J connectivity index is 1.49. The van der Waals surface area contributed by atoms with Crippen LogP contribution >= 0.6 is 0 Å². The van der Waals surface area contributed by atoms with Crippen LogP contribution in [0, 0.1) is 29.2 Å². The summed E-state index contributed by atoms with van der Waals surface area (Å²) in [5.74, 6) is 0. The number of benzene rings is 7. The van der Waals surface area contributed by atoms with Crippen LogP contribution in [0.3, 0.4) is 0 Å². The average Bonchev–Trinajstić information content (AvgIpc) is 3.52. The molecule has 4 nitrogen and oxygen atoms in total. The molecule has 0 radical (unpaired) electrons. The molecule has 8 aromatic rings. The number of hydrogen-bond donors (Lipinski definition) is 0. The number of nitriles is 2. The molecule has 0 amide bonds. The normalized spacial score (nSPS) is 11.1. The lowest BCUT2D eigenvalue weighted by Crippen LogP contribution is -2.75. The maximum absolute atomic E-state index is 11.3. The lowest BCUT2D eigenvalue weighted by Gasteiger charge is -2.35. The monoisotopic (exact) mass is 652 g/mol. The van der Waals surface area contributed by atoms with Gasteiger partial charge in [0.2, 0.25) is 0 Å². The molecule has 0 bridgehead atoms. The molecule has 7 aromatic carbocycles. The number of hydrogen-bond acceptors (Lipinski definition) is 2. The Labute approximate surface area is 291 Å². The highest BCUT2D eigenvalue weighted by molar-refractivity contribution is 7.20. The van der Waals surface area contributed by atoms with Gasteiger partial charge in [-0.1, -0.05) is 140 Å². The van der Waals surface area contributed by atoms with Crippen LogP contribution in [0.25, 0.3) is 43.5 Å². The van der Waals surface area contributed by atoms with E-state index in [9.17, 15) is 10.5 Å². The van der Waals surface area contributed by atoms with E-state index in [2.05, 4.69) is 119 Å². The van der Waals surface area contributed by atoms with Crippen molar-refractivity contribution >= 4 is 56.3 Å². The lowest BCUT2D eigenvalue weighted by molar-refractivity contribution is 1.18. The predicted octanol–water partition coefficient (Wildman–Crippen LogP) is 8.12. The third kappa shape index (κ3) is 4.72. The summed E-state index contributed by atoms with van der Waals surface area (Å²) in [5.41, 5.74) is 6.01. The molecular formula is C45H28N4Si. The fraction of sp³-hybridized carbons (Fsp3) is 0. The van der Waals surface area contributed by atoms with E-state index in [0.717, 1.165) is 43.8 Å². The van der Waals surface area contributed by atoms with E-state index >= 15 is 0 Å². The van der Waals surface area contributed by atoms with Gasteiger partial charge in [0.05, 0.1) is 46.6 Å². The van der Waals surface area contributed by atoms with Gasteiger partial charge < -0.3 is 4.57 Å². The number of fused-ring (bicyclic) bond motifs is 3. The van der Waals surface area contributed by atoms with Gasteiger partial charge in [-0.3, -0.25) is 0 Å². The lowest BCUT2D eigenvalue weighted by atomic mass is 9.97. The predicted molar refractivity (Wildman–Crippen MR) is 206 cm³/mol. The first-order chi connectivity index (χ1) is 24.7. The van der Waals surface area contributed by atoms with E-state index in [1.807, 2.05) is 72.8 Å². The SMILES string of the molecule is [C-]#[N+]c1ccc2c(c1)c1ccccc1n2-c1cc(C#N)ccc1-c1cccc([Si](c2ccccc2)(c2ccccc2)c2ccccc2)c1C#N. The molecule has 0 fully saturated rings. The minimum atomic E-state index is -3.04. The van der Waals surface area contributed by atoms with Gasteiger partial charge in [-0.15, -0.1) is 0 Å². The van der Waals surface area contributed by atoms with E-state index in [4.69, 9.17) is 6.57 Å². The summed E-state index contributed by atoms with van der Waals surface area (Å²) >= 11 is 0. The molecule has 0 atom stereocenters. The summed E-state index contributed by atoms with van der Waals surface area (Å²) in [5, 5.41) is 27.9. The van der Waals surface area contributed by atoms with Gasteiger partial charge in [0, 0.05) is 16.5 Å². The minimum absolute atomic E-state index is 0.517. The van der Waals surface area contributed by atoms with Crippen molar-refractivity contribution < 1.29 is 0 Å². The first-order valence-electron chi connectivity index (χ1n) is 16.3. The maximum atomic E-state index is 11.3. The van der Waals surface area contributed by atoms with Crippen molar-refractivity contribution in [2.24, 2.45) is 0 Å². The van der Waals surface area contributed by atoms with Crippen LogP contribution in [0.5, 0.6) is 0 Å². The van der Waals surface area contributed by atoms with Crippen LogP contribution in [0.1, 0.15) is 11.1 Å². The fourth-order valence-corrected chi connectivity index (χ4v) is 12.5. The molecule has 0 saturated heterocycles.